The molecule has 0 fully saturated rings. The molecule has 0 bridgehead atoms. The Balaban J connectivity index is 0.000000187. The number of nitrogen functional groups attached to an aromatic ring is 3. The van der Waals surface area contributed by atoms with Crippen LogP contribution in [-0.2, 0) is 17.6 Å². The van der Waals surface area contributed by atoms with E-state index >= 15 is 0 Å². The summed E-state index contributed by atoms with van der Waals surface area (Å²) in [6, 6.07) is 31.6. The van der Waals surface area contributed by atoms with Crippen LogP contribution >= 0.6 is 22.7 Å². The van der Waals surface area contributed by atoms with Crippen LogP contribution in [0.1, 0.15) is 26.7 Å². The molecule has 7 aromatic rings. The first-order valence-corrected chi connectivity index (χ1v) is 17.7. The van der Waals surface area contributed by atoms with E-state index in [0.717, 1.165) is 70.2 Å². The zero-order chi connectivity index (χ0) is 35.2. The highest BCUT2D eigenvalue weighted by Crippen LogP contribution is 2.38. The Morgan fingerprint density at radius 3 is 1.64 bits per heavy atom. The van der Waals surface area contributed by atoms with Gasteiger partial charge >= 0.3 is 0 Å². The largest absolute Gasteiger partial charge is 0.399 e. The first-order chi connectivity index (χ1) is 24.1. The zero-order valence-electron chi connectivity index (χ0n) is 28.1. The van der Waals surface area contributed by atoms with E-state index in [-0.39, 0.29) is 5.78 Å². The molecule has 0 aliphatic rings. The number of nitrogens with two attached hydrogens (primary N) is 3. The van der Waals surface area contributed by atoms with Crippen LogP contribution < -0.4 is 17.2 Å². The summed E-state index contributed by atoms with van der Waals surface area (Å²) >= 11 is 3.29. The van der Waals surface area contributed by atoms with Crippen LogP contribution in [0.5, 0.6) is 0 Å². The number of hydrogen-bond donors (Lipinski definition) is 3. The van der Waals surface area contributed by atoms with Gasteiger partial charge in [-0.05, 0) is 85.5 Å². The van der Waals surface area contributed by atoms with Crippen LogP contribution in [0.3, 0.4) is 0 Å². The quantitative estimate of drug-likeness (QED) is 0.134. The maximum absolute atomic E-state index is 12.6. The van der Waals surface area contributed by atoms with Gasteiger partial charge in [0.2, 0.25) is 0 Å². The molecule has 0 aliphatic heterocycles. The lowest BCUT2D eigenvalue weighted by atomic mass is 9.99. The first kappa shape index (κ1) is 34.2. The van der Waals surface area contributed by atoms with Gasteiger partial charge in [-0.3, -0.25) is 4.79 Å². The van der Waals surface area contributed by atoms with Crippen molar-refractivity contribution >= 4 is 45.8 Å². The molecule has 4 heterocycles. The van der Waals surface area contributed by atoms with Crippen molar-refractivity contribution in [3.63, 3.8) is 0 Å². The van der Waals surface area contributed by atoms with Crippen molar-refractivity contribution in [3.05, 3.63) is 136 Å². The summed E-state index contributed by atoms with van der Waals surface area (Å²) in [5.41, 5.74) is 27.4. The van der Waals surface area contributed by atoms with E-state index < -0.39 is 0 Å². The standard InChI is InChI=1S/C25H23N3OS.C15H14N4S/c1-16-6-8-18(9-7-16)13-22(29)14-19-4-3-5-21(12-19)25-24(28-17(2)30-25)20-10-11-27-23(26)15-20;1-9-19-14(10-5-6-18-13(17)8-10)15(20-9)11-3-2-4-12(16)7-11/h3-12,15H,13-14H2,1-2H3,(H2,26,27);2-8H,16H2,1H3,(H2,17,18). The topological polar surface area (TPSA) is 147 Å². The van der Waals surface area contributed by atoms with E-state index in [2.05, 4.69) is 27.1 Å². The minimum Gasteiger partial charge on any atom is -0.399 e. The monoisotopic (exact) mass is 695 g/mol. The Kier molecular flexibility index (Phi) is 10.4. The maximum Gasteiger partial charge on any atom is 0.141 e. The molecule has 250 valence electrons. The summed E-state index contributed by atoms with van der Waals surface area (Å²) in [6.07, 6.45) is 4.26. The number of nitrogens with zero attached hydrogens (tertiary/aromatic N) is 4. The number of Topliss-reactive ketones (excluding diaryl/α,β-unsaturated/α-hetero) is 1. The molecule has 6 N–H and O–H groups in total. The van der Waals surface area contributed by atoms with Gasteiger partial charge in [-0.25, -0.2) is 19.9 Å². The summed E-state index contributed by atoms with van der Waals surface area (Å²) in [4.78, 5) is 32.2. The van der Waals surface area contributed by atoms with Crippen molar-refractivity contribution in [2.45, 2.75) is 33.6 Å². The predicted octanol–water partition coefficient (Wildman–Crippen LogP) is 8.77. The second kappa shape index (κ2) is 15.2. The lowest BCUT2D eigenvalue weighted by Gasteiger charge is -2.07. The average molecular weight is 696 g/mol. The lowest BCUT2D eigenvalue weighted by molar-refractivity contribution is -0.117. The number of aromatic nitrogens is 4. The van der Waals surface area contributed by atoms with Crippen molar-refractivity contribution in [3.8, 4) is 43.4 Å². The van der Waals surface area contributed by atoms with Gasteiger partial charge in [-0.1, -0.05) is 60.2 Å². The number of rotatable bonds is 8. The number of carbonyl (C=O) groups is 1. The van der Waals surface area contributed by atoms with Crippen LogP contribution in [0, 0.1) is 20.8 Å². The molecule has 0 aliphatic carbocycles. The Morgan fingerprint density at radius 1 is 0.580 bits per heavy atom. The van der Waals surface area contributed by atoms with Crippen molar-refractivity contribution in [1.29, 1.82) is 0 Å². The summed E-state index contributed by atoms with van der Waals surface area (Å²) in [7, 11) is 0. The second-order valence-corrected chi connectivity index (χ2v) is 14.4. The number of carbonyl (C=O) groups excluding carboxylic acids is 1. The smallest absolute Gasteiger partial charge is 0.141 e. The Labute approximate surface area is 299 Å². The molecule has 0 spiro atoms. The van der Waals surface area contributed by atoms with Crippen molar-refractivity contribution in [2.75, 3.05) is 17.2 Å². The summed E-state index contributed by atoms with van der Waals surface area (Å²) in [5, 5.41) is 1.99. The highest BCUT2D eigenvalue weighted by atomic mass is 32.1. The molecule has 3 aromatic carbocycles. The molecule has 0 saturated carbocycles. The van der Waals surface area contributed by atoms with Gasteiger partial charge in [0.15, 0.2) is 0 Å². The van der Waals surface area contributed by atoms with Gasteiger partial charge in [-0.15, -0.1) is 22.7 Å². The number of pyridine rings is 2. The van der Waals surface area contributed by atoms with Crippen molar-refractivity contribution in [2.24, 2.45) is 0 Å². The number of thiazole rings is 2. The van der Waals surface area contributed by atoms with E-state index in [4.69, 9.17) is 22.2 Å². The second-order valence-electron chi connectivity index (χ2n) is 12.0. The zero-order valence-corrected chi connectivity index (χ0v) is 29.7. The number of aryl methyl sites for hydroxylation is 3. The van der Waals surface area contributed by atoms with Gasteiger partial charge in [0.1, 0.15) is 17.4 Å². The van der Waals surface area contributed by atoms with Crippen LogP contribution in [-0.4, -0.2) is 25.7 Å². The average Bonchev–Trinajstić information content (AvgIpc) is 3.69. The van der Waals surface area contributed by atoms with Crippen molar-refractivity contribution in [1.82, 2.24) is 19.9 Å². The van der Waals surface area contributed by atoms with E-state index in [1.807, 2.05) is 106 Å². The van der Waals surface area contributed by atoms with Crippen molar-refractivity contribution < 1.29 is 4.79 Å². The number of anilines is 3. The summed E-state index contributed by atoms with van der Waals surface area (Å²) in [6.45, 7) is 6.04. The fourth-order valence-corrected chi connectivity index (χ4v) is 7.43. The molecule has 0 atom stereocenters. The highest BCUT2D eigenvalue weighted by Gasteiger charge is 2.16. The van der Waals surface area contributed by atoms with Crippen LogP contribution in [0.4, 0.5) is 17.3 Å². The Morgan fingerprint density at radius 2 is 1.10 bits per heavy atom. The van der Waals surface area contributed by atoms with Gasteiger partial charge < -0.3 is 17.2 Å². The highest BCUT2D eigenvalue weighted by molar-refractivity contribution is 7.16. The Bertz CT molecular complexity index is 2210. The fraction of sp³-hybridized carbons (Fsp3) is 0.125. The van der Waals surface area contributed by atoms with E-state index in [0.29, 0.717) is 24.5 Å². The van der Waals surface area contributed by atoms with E-state index in [1.54, 1.807) is 35.1 Å². The molecule has 10 heteroatoms. The molecular formula is C40H37N7OS2. The van der Waals surface area contributed by atoms with Gasteiger partial charge in [0, 0.05) is 42.0 Å². The summed E-state index contributed by atoms with van der Waals surface area (Å²) in [5.74, 6) is 1.17. The van der Waals surface area contributed by atoms with Crippen LogP contribution in [0.25, 0.3) is 43.4 Å². The molecule has 0 unspecified atom stereocenters. The third kappa shape index (κ3) is 8.46. The molecule has 50 heavy (non-hydrogen) atoms. The summed E-state index contributed by atoms with van der Waals surface area (Å²) < 4.78 is 0. The molecule has 7 rings (SSSR count). The van der Waals surface area contributed by atoms with Gasteiger partial charge in [-0.2, -0.15) is 0 Å². The molecular weight excluding hydrogens is 659 g/mol. The minimum atomic E-state index is 0.207. The van der Waals surface area contributed by atoms with Crippen LogP contribution in [0.2, 0.25) is 0 Å². The SMILES string of the molecule is Cc1ccc(CC(=O)Cc2cccc(-c3sc(C)nc3-c3ccnc(N)c3)c2)cc1.Cc1nc(-c2ccnc(N)c2)c(-c2cccc(N)c2)s1. The number of benzene rings is 3. The maximum atomic E-state index is 12.6. The predicted molar refractivity (Wildman–Crippen MR) is 208 cm³/mol. The third-order valence-corrected chi connectivity index (χ3v) is 9.88. The van der Waals surface area contributed by atoms with E-state index in [1.165, 1.54) is 5.56 Å². The molecule has 8 nitrogen and oxygen atoms in total. The minimum absolute atomic E-state index is 0.207. The van der Waals surface area contributed by atoms with Gasteiger partial charge in [0.25, 0.3) is 0 Å². The fourth-order valence-electron chi connectivity index (χ4n) is 5.55. The number of hydrogen-bond acceptors (Lipinski definition) is 10. The Hall–Kier alpha value is -5.71. The van der Waals surface area contributed by atoms with E-state index in [9.17, 15) is 4.79 Å². The molecule has 4 aromatic heterocycles. The molecule has 0 radical (unpaired) electrons. The molecule has 0 amide bonds. The van der Waals surface area contributed by atoms with Gasteiger partial charge in [0.05, 0.1) is 31.2 Å². The third-order valence-electron chi connectivity index (χ3n) is 7.84. The molecule has 0 saturated heterocycles. The normalized spacial score (nSPS) is 10.8. The number of ketones is 1. The lowest BCUT2D eigenvalue weighted by Crippen LogP contribution is -2.06. The first-order valence-electron chi connectivity index (χ1n) is 16.0. The van der Waals surface area contributed by atoms with Crippen LogP contribution in [0.15, 0.2) is 109 Å².